The second kappa shape index (κ2) is 10.1. The standard InChI is InChI=1S/C28H29ClN4O2/c1-28(33-27(34)35-18-19-8-3-2-4-9-19)15-7-11-21(16-28)31-26-30-17-24(29)25(32-26)23-14-13-20-10-5-6-12-22(20)23/h2-6,8-10,12,14,17,21H,7,11,13,15-16,18H2,1H3,(H,33,34)(H,30,31,32). The summed E-state index contributed by atoms with van der Waals surface area (Å²) in [5.41, 5.74) is 4.84. The van der Waals surface area contributed by atoms with Gasteiger partial charge < -0.3 is 15.4 Å². The van der Waals surface area contributed by atoms with Crippen LogP contribution in [0, 0.1) is 0 Å². The molecule has 35 heavy (non-hydrogen) atoms. The predicted molar refractivity (Wildman–Crippen MR) is 138 cm³/mol. The molecule has 2 aromatic carbocycles. The van der Waals surface area contributed by atoms with E-state index in [0.717, 1.165) is 48.9 Å². The van der Waals surface area contributed by atoms with Crippen molar-refractivity contribution in [3.05, 3.63) is 94.3 Å². The lowest BCUT2D eigenvalue weighted by Crippen LogP contribution is -2.51. The molecule has 180 valence electrons. The van der Waals surface area contributed by atoms with E-state index in [4.69, 9.17) is 21.3 Å². The van der Waals surface area contributed by atoms with E-state index in [1.165, 1.54) is 11.1 Å². The van der Waals surface area contributed by atoms with Crippen LogP contribution in [-0.4, -0.2) is 27.6 Å². The van der Waals surface area contributed by atoms with Gasteiger partial charge in [0.15, 0.2) is 0 Å². The molecule has 2 aliphatic carbocycles. The lowest BCUT2D eigenvalue weighted by Gasteiger charge is -2.38. The fourth-order valence-electron chi connectivity index (χ4n) is 5.04. The van der Waals surface area contributed by atoms with Crippen molar-refractivity contribution < 1.29 is 9.53 Å². The zero-order valence-corrected chi connectivity index (χ0v) is 20.5. The van der Waals surface area contributed by atoms with Crippen molar-refractivity contribution in [1.82, 2.24) is 15.3 Å². The van der Waals surface area contributed by atoms with E-state index in [1.54, 1.807) is 6.20 Å². The predicted octanol–water partition coefficient (Wildman–Crippen LogP) is 6.16. The number of nitrogens with zero attached hydrogens (tertiary/aromatic N) is 2. The van der Waals surface area contributed by atoms with Crippen LogP contribution in [0.2, 0.25) is 5.02 Å². The van der Waals surface area contributed by atoms with Crippen molar-refractivity contribution in [3.8, 4) is 0 Å². The fourth-order valence-corrected chi connectivity index (χ4v) is 5.24. The highest BCUT2D eigenvalue weighted by atomic mass is 35.5. The summed E-state index contributed by atoms with van der Waals surface area (Å²) in [5.74, 6) is 0.551. The highest BCUT2D eigenvalue weighted by Crippen LogP contribution is 2.35. The first-order chi connectivity index (χ1) is 17.0. The van der Waals surface area contributed by atoms with E-state index in [0.29, 0.717) is 11.0 Å². The van der Waals surface area contributed by atoms with Crippen molar-refractivity contribution in [3.63, 3.8) is 0 Å². The number of hydrogen-bond donors (Lipinski definition) is 2. The Bertz CT molecular complexity index is 1250. The summed E-state index contributed by atoms with van der Waals surface area (Å²) in [5, 5.41) is 7.10. The summed E-state index contributed by atoms with van der Waals surface area (Å²) in [6.45, 7) is 2.32. The van der Waals surface area contributed by atoms with Crippen LogP contribution in [0.1, 0.15) is 55.0 Å². The molecule has 0 saturated heterocycles. The van der Waals surface area contributed by atoms with E-state index in [9.17, 15) is 4.79 Å². The molecule has 0 bridgehead atoms. The summed E-state index contributed by atoms with van der Waals surface area (Å²) in [6.07, 6.45) is 7.91. The van der Waals surface area contributed by atoms with Crippen LogP contribution >= 0.6 is 11.6 Å². The van der Waals surface area contributed by atoms with Gasteiger partial charge in [0.2, 0.25) is 5.95 Å². The van der Waals surface area contributed by atoms with Gasteiger partial charge in [-0.25, -0.2) is 14.8 Å². The number of allylic oxidation sites excluding steroid dienone is 1. The van der Waals surface area contributed by atoms with Gasteiger partial charge in [-0.15, -0.1) is 0 Å². The van der Waals surface area contributed by atoms with Crippen LogP contribution in [0.15, 0.2) is 66.9 Å². The van der Waals surface area contributed by atoms with Crippen molar-refractivity contribution in [2.75, 3.05) is 5.32 Å². The molecule has 2 N–H and O–H groups in total. The first-order valence-electron chi connectivity index (χ1n) is 12.1. The first-order valence-corrected chi connectivity index (χ1v) is 12.4. The molecule has 1 heterocycles. The van der Waals surface area contributed by atoms with E-state index in [2.05, 4.69) is 46.8 Å². The number of aromatic nitrogens is 2. The first kappa shape index (κ1) is 23.4. The molecule has 1 aromatic heterocycles. The van der Waals surface area contributed by atoms with Gasteiger partial charge in [0.1, 0.15) is 6.61 Å². The monoisotopic (exact) mass is 488 g/mol. The maximum Gasteiger partial charge on any atom is 0.407 e. The van der Waals surface area contributed by atoms with E-state index in [-0.39, 0.29) is 18.2 Å². The van der Waals surface area contributed by atoms with Crippen molar-refractivity contribution in [2.24, 2.45) is 0 Å². The molecule has 0 radical (unpaired) electrons. The number of amides is 1. The number of benzene rings is 2. The number of rotatable bonds is 6. The third-order valence-electron chi connectivity index (χ3n) is 6.76. The smallest absolute Gasteiger partial charge is 0.407 e. The molecule has 2 atom stereocenters. The van der Waals surface area contributed by atoms with Crippen molar-refractivity contribution in [1.29, 1.82) is 0 Å². The Morgan fingerprint density at radius 2 is 1.97 bits per heavy atom. The molecule has 1 amide bonds. The number of carbonyl (C=O) groups excluding carboxylic acids is 1. The number of alkyl carbamates (subject to hydrolysis) is 1. The summed E-state index contributed by atoms with van der Waals surface area (Å²) in [6, 6.07) is 18.1. The minimum Gasteiger partial charge on any atom is -0.445 e. The van der Waals surface area contributed by atoms with Gasteiger partial charge >= 0.3 is 6.09 Å². The second-order valence-corrected chi connectivity index (χ2v) is 9.96. The van der Waals surface area contributed by atoms with Gasteiger partial charge in [0.25, 0.3) is 0 Å². The van der Waals surface area contributed by atoms with Gasteiger partial charge in [0, 0.05) is 17.2 Å². The Balaban J connectivity index is 1.23. The molecule has 0 aliphatic heterocycles. The van der Waals surface area contributed by atoms with Gasteiger partial charge in [-0.3, -0.25) is 0 Å². The molecular formula is C28H29ClN4O2. The number of nitrogens with one attached hydrogen (secondary N) is 2. The van der Waals surface area contributed by atoms with E-state index >= 15 is 0 Å². The van der Waals surface area contributed by atoms with Crippen LogP contribution in [0.4, 0.5) is 10.7 Å². The maximum atomic E-state index is 12.5. The average Bonchev–Trinajstić information content (AvgIpc) is 3.28. The number of carbonyl (C=O) groups is 1. The van der Waals surface area contributed by atoms with E-state index in [1.807, 2.05) is 36.4 Å². The number of ether oxygens (including phenoxy) is 1. The third-order valence-corrected chi connectivity index (χ3v) is 7.04. The van der Waals surface area contributed by atoms with Crippen molar-refractivity contribution in [2.45, 2.75) is 57.2 Å². The number of fused-ring (bicyclic) bond motifs is 1. The molecule has 6 nitrogen and oxygen atoms in total. The zero-order valence-electron chi connectivity index (χ0n) is 19.8. The van der Waals surface area contributed by atoms with Crippen LogP contribution < -0.4 is 10.6 Å². The Hall–Kier alpha value is -3.38. The van der Waals surface area contributed by atoms with Crippen LogP contribution in [0.3, 0.4) is 0 Å². The zero-order chi connectivity index (χ0) is 24.3. The average molecular weight is 489 g/mol. The lowest BCUT2D eigenvalue weighted by atomic mass is 9.80. The Morgan fingerprint density at radius 1 is 1.17 bits per heavy atom. The van der Waals surface area contributed by atoms with E-state index < -0.39 is 6.09 Å². The number of anilines is 1. The molecule has 3 aromatic rings. The number of hydrogen-bond acceptors (Lipinski definition) is 5. The minimum absolute atomic E-state index is 0.127. The van der Waals surface area contributed by atoms with Crippen LogP contribution in [-0.2, 0) is 17.8 Å². The summed E-state index contributed by atoms with van der Waals surface area (Å²) in [7, 11) is 0. The quantitative estimate of drug-likeness (QED) is 0.434. The molecule has 7 heteroatoms. The Labute approximate surface area is 210 Å². The summed E-state index contributed by atoms with van der Waals surface area (Å²) >= 11 is 6.51. The molecule has 1 saturated carbocycles. The Kier molecular flexibility index (Phi) is 6.73. The molecule has 0 spiro atoms. The molecule has 2 unspecified atom stereocenters. The van der Waals surface area contributed by atoms with Crippen LogP contribution in [0.25, 0.3) is 5.57 Å². The SMILES string of the molecule is CC1(NC(=O)OCc2ccccc2)CCCC(Nc2ncc(Cl)c(C3=CCc4ccccc43)n2)C1. The molecule has 5 rings (SSSR count). The highest BCUT2D eigenvalue weighted by molar-refractivity contribution is 6.32. The van der Waals surface area contributed by atoms with Gasteiger partial charge in [0.05, 0.1) is 16.9 Å². The fraction of sp³-hybridized carbons (Fsp3) is 0.321. The second-order valence-electron chi connectivity index (χ2n) is 9.55. The Morgan fingerprint density at radius 3 is 2.83 bits per heavy atom. The molecule has 1 fully saturated rings. The normalized spacial score (nSPS) is 21.1. The van der Waals surface area contributed by atoms with Crippen molar-refractivity contribution >= 4 is 29.2 Å². The minimum atomic E-state index is -0.395. The highest BCUT2D eigenvalue weighted by Gasteiger charge is 2.34. The van der Waals surface area contributed by atoms with Gasteiger partial charge in [-0.2, -0.15) is 0 Å². The number of halogens is 1. The lowest BCUT2D eigenvalue weighted by molar-refractivity contribution is 0.120. The topological polar surface area (TPSA) is 76.1 Å². The molecule has 2 aliphatic rings. The summed E-state index contributed by atoms with van der Waals surface area (Å²) < 4.78 is 5.45. The maximum absolute atomic E-state index is 12.5. The van der Waals surface area contributed by atoms with Crippen LogP contribution in [0.5, 0.6) is 0 Å². The largest absolute Gasteiger partial charge is 0.445 e. The molecular weight excluding hydrogens is 460 g/mol. The summed E-state index contributed by atoms with van der Waals surface area (Å²) in [4.78, 5) is 21.7. The van der Waals surface area contributed by atoms with Gasteiger partial charge in [-0.1, -0.05) is 72.3 Å². The van der Waals surface area contributed by atoms with Gasteiger partial charge in [-0.05, 0) is 55.7 Å². The third kappa shape index (κ3) is 5.49.